The molecule has 1 aliphatic carbocycles. The van der Waals surface area contributed by atoms with Gasteiger partial charge in [-0.2, -0.15) is 0 Å². The summed E-state index contributed by atoms with van der Waals surface area (Å²) in [6, 6.07) is 7.00. The molecule has 2 rings (SSSR count). The lowest BCUT2D eigenvalue weighted by Gasteiger charge is -2.07. The number of hydrogen-bond acceptors (Lipinski definition) is 0. The van der Waals surface area contributed by atoms with E-state index in [0.717, 1.165) is 0 Å². The first-order valence-corrected chi connectivity index (χ1v) is 4.89. The molecule has 13 heavy (non-hydrogen) atoms. The molecule has 0 aliphatic heterocycles. The van der Waals surface area contributed by atoms with Gasteiger partial charge in [0.15, 0.2) is 0 Å². The Morgan fingerprint density at radius 2 is 1.77 bits per heavy atom. The fraction of sp³-hybridized carbons (Fsp3) is 0.538. The molecule has 0 saturated carbocycles. The molecular weight excluding hydrogens is 156 g/mol. The van der Waals surface area contributed by atoms with Gasteiger partial charge in [0.25, 0.3) is 0 Å². The van der Waals surface area contributed by atoms with E-state index in [1.807, 2.05) is 0 Å². The Morgan fingerprint density at radius 1 is 1.08 bits per heavy atom. The van der Waals surface area contributed by atoms with Crippen LogP contribution >= 0.6 is 0 Å². The predicted octanol–water partition coefficient (Wildman–Crippen LogP) is 3.93. The predicted molar refractivity (Wildman–Crippen MR) is 59.3 cm³/mol. The summed E-state index contributed by atoms with van der Waals surface area (Å²) in [7, 11) is 0. The van der Waals surface area contributed by atoms with Gasteiger partial charge in [0.05, 0.1) is 0 Å². The highest BCUT2D eigenvalue weighted by Crippen LogP contribution is 2.25. The second-order valence-corrected chi connectivity index (χ2v) is 4.04. The standard InChI is InChI=1S/C12H16.CH4/c1-9(2)11-7-6-10-4-3-5-12(10)8-11;/h6-9H,3-5H2,1-2H3;1H4. The highest BCUT2D eigenvalue weighted by Gasteiger charge is 2.11. The number of benzene rings is 1. The topological polar surface area (TPSA) is 0 Å². The first-order chi connectivity index (χ1) is 5.77. The van der Waals surface area contributed by atoms with Crippen LogP contribution in [0.2, 0.25) is 0 Å². The van der Waals surface area contributed by atoms with Crippen LogP contribution in [0.15, 0.2) is 18.2 Å². The zero-order chi connectivity index (χ0) is 8.55. The van der Waals surface area contributed by atoms with Crippen LogP contribution in [-0.2, 0) is 12.8 Å². The Labute approximate surface area is 82.0 Å². The maximum atomic E-state index is 2.40. The van der Waals surface area contributed by atoms with Crippen LogP contribution in [-0.4, -0.2) is 0 Å². The van der Waals surface area contributed by atoms with Crippen molar-refractivity contribution >= 4 is 0 Å². The van der Waals surface area contributed by atoms with E-state index in [0.29, 0.717) is 5.92 Å². The van der Waals surface area contributed by atoms with E-state index in [9.17, 15) is 0 Å². The van der Waals surface area contributed by atoms with E-state index < -0.39 is 0 Å². The van der Waals surface area contributed by atoms with Crippen molar-refractivity contribution in [1.82, 2.24) is 0 Å². The van der Waals surface area contributed by atoms with Crippen LogP contribution in [0.4, 0.5) is 0 Å². The molecule has 0 heterocycles. The van der Waals surface area contributed by atoms with Crippen molar-refractivity contribution in [2.75, 3.05) is 0 Å². The molecule has 0 aromatic heterocycles. The van der Waals surface area contributed by atoms with Crippen molar-refractivity contribution in [3.05, 3.63) is 34.9 Å². The van der Waals surface area contributed by atoms with Crippen LogP contribution in [0.5, 0.6) is 0 Å². The third-order valence-electron chi connectivity index (χ3n) is 2.79. The summed E-state index contributed by atoms with van der Waals surface area (Å²) in [5.74, 6) is 0.677. The Morgan fingerprint density at radius 3 is 2.46 bits per heavy atom. The molecule has 0 amide bonds. The fourth-order valence-electron chi connectivity index (χ4n) is 1.95. The molecule has 1 aromatic rings. The summed E-state index contributed by atoms with van der Waals surface area (Å²) in [6.07, 6.45) is 3.96. The molecule has 0 saturated heterocycles. The first kappa shape index (κ1) is 10.3. The number of aryl methyl sites for hydroxylation is 2. The summed E-state index contributed by atoms with van der Waals surface area (Å²) in [4.78, 5) is 0. The summed E-state index contributed by atoms with van der Waals surface area (Å²) < 4.78 is 0. The smallest absolute Gasteiger partial charge is 0.0219 e. The second kappa shape index (κ2) is 3.95. The van der Waals surface area contributed by atoms with E-state index in [-0.39, 0.29) is 7.43 Å². The van der Waals surface area contributed by atoms with Crippen LogP contribution in [0.3, 0.4) is 0 Å². The van der Waals surface area contributed by atoms with Crippen LogP contribution < -0.4 is 0 Å². The Bertz CT molecular complexity index is 284. The van der Waals surface area contributed by atoms with Crippen molar-refractivity contribution in [2.24, 2.45) is 0 Å². The summed E-state index contributed by atoms with van der Waals surface area (Å²) in [5.41, 5.74) is 4.68. The van der Waals surface area contributed by atoms with Gasteiger partial charge in [-0.05, 0) is 41.9 Å². The molecule has 0 bridgehead atoms. The molecule has 0 heteroatoms. The SMILES string of the molecule is C.CC(C)c1ccc2c(c1)CCC2. The lowest BCUT2D eigenvalue weighted by atomic mass is 9.99. The van der Waals surface area contributed by atoms with Gasteiger partial charge in [0.1, 0.15) is 0 Å². The molecule has 0 fully saturated rings. The van der Waals surface area contributed by atoms with E-state index in [2.05, 4.69) is 32.0 Å². The van der Waals surface area contributed by atoms with E-state index >= 15 is 0 Å². The molecular formula is C13H20. The third kappa shape index (κ3) is 1.93. The maximum absolute atomic E-state index is 2.40. The fourth-order valence-corrected chi connectivity index (χ4v) is 1.95. The minimum Gasteiger partial charge on any atom is -0.0776 e. The minimum atomic E-state index is 0. The number of rotatable bonds is 1. The highest BCUT2D eigenvalue weighted by molar-refractivity contribution is 5.36. The lowest BCUT2D eigenvalue weighted by molar-refractivity contribution is 0.862. The minimum absolute atomic E-state index is 0. The molecule has 0 spiro atoms. The van der Waals surface area contributed by atoms with Gasteiger partial charge in [-0.1, -0.05) is 39.5 Å². The van der Waals surface area contributed by atoms with Gasteiger partial charge in [-0.3, -0.25) is 0 Å². The van der Waals surface area contributed by atoms with Crippen molar-refractivity contribution in [3.8, 4) is 0 Å². The van der Waals surface area contributed by atoms with Gasteiger partial charge in [0.2, 0.25) is 0 Å². The van der Waals surface area contributed by atoms with Crippen molar-refractivity contribution in [1.29, 1.82) is 0 Å². The molecule has 72 valence electrons. The average Bonchev–Trinajstić information content (AvgIpc) is 2.49. The molecule has 0 nitrogen and oxygen atoms in total. The molecule has 0 radical (unpaired) electrons. The summed E-state index contributed by atoms with van der Waals surface area (Å²) in [5, 5.41) is 0. The average molecular weight is 176 g/mol. The van der Waals surface area contributed by atoms with Crippen LogP contribution in [0.1, 0.15) is 50.3 Å². The van der Waals surface area contributed by atoms with E-state index in [4.69, 9.17) is 0 Å². The van der Waals surface area contributed by atoms with Gasteiger partial charge < -0.3 is 0 Å². The van der Waals surface area contributed by atoms with E-state index in [1.54, 1.807) is 11.1 Å². The highest BCUT2D eigenvalue weighted by atomic mass is 14.2. The Hall–Kier alpha value is -0.780. The van der Waals surface area contributed by atoms with Crippen molar-refractivity contribution in [2.45, 2.75) is 46.5 Å². The molecule has 0 atom stereocenters. The zero-order valence-electron chi connectivity index (χ0n) is 7.93. The van der Waals surface area contributed by atoms with Crippen molar-refractivity contribution < 1.29 is 0 Å². The summed E-state index contributed by atoms with van der Waals surface area (Å²) in [6.45, 7) is 4.52. The van der Waals surface area contributed by atoms with E-state index in [1.165, 1.54) is 24.8 Å². The first-order valence-electron chi connectivity index (χ1n) is 4.89. The molecule has 0 N–H and O–H groups in total. The molecule has 1 aliphatic rings. The normalized spacial score (nSPS) is 14.1. The van der Waals surface area contributed by atoms with Crippen LogP contribution in [0.25, 0.3) is 0 Å². The summed E-state index contributed by atoms with van der Waals surface area (Å²) >= 11 is 0. The van der Waals surface area contributed by atoms with Crippen LogP contribution in [0, 0.1) is 0 Å². The maximum Gasteiger partial charge on any atom is -0.0219 e. The monoisotopic (exact) mass is 176 g/mol. The van der Waals surface area contributed by atoms with Crippen molar-refractivity contribution in [3.63, 3.8) is 0 Å². The molecule has 0 unspecified atom stereocenters. The third-order valence-corrected chi connectivity index (χ3v) is 2.79. The quantitative estimate of drug-likeness (QED) is 0.608. The van der Waals surface area contributed by atoms with Gasteiger partial charge in [-0.15, -0.1) is 0 Å². The Kier molecular flexibility index (Phi) is 3.13. The van der Waals surface area contributed by atoms with Gasteiger partial charge >= 0.3 is 0 Å². The zero-order valence-corrected chi connectivity index (χ0v) is 7.93. The van der Waals surface area contributed by atoms with Gasteiger partial charge in [-0.25, -0.2) is 0 Å². The second-order valence-electron chi connectivity index (χ2n) is 4.04. The van der Waals surface area contributed by atoms with Gasteiger partial charge in [0, 0.05) is 0 Å². The number of fused-ring (bicyclic) bond motifs is 1. The lowest BCUT2D eigenvalue weighted by Crippen LogP contribution is -1.90. The Balaban J connectivity index is 0.000000845. The largest absolute Gasteiger partial charge is 0.0776 e. The molecule has 1 aromatic carbocycles. The number of hydrogen-bond donors (Lipinski definition) is 0.